The van der Waals surface area contributed by atoms with Crippen LogP contribution in [0, 0.1) is 6.92 Å². The number of anilines is 1. The van der Waals surface area contributed by atoms with Crippen LogP contribution in [0.4, 0.5) is 5.82 Å². The number of hydrogen-bond donors (Lipinski definition) is 1. The van der Waals surface area contributed by atoms with Crippen molar-refractivity contribution in [1.29, 1.82) is 0 Å². The minimum atomic E-state index is -3.01. The summed E-state index contributed by atoms with van der Waals surface area (Å²) >= 11 is 0. The van der Waals surface area contributed by atoms with E-state index in [1.54, 1.807) is 10.7 Å². The lowest BCUT2D eigenvalue weighted by atomic mass is 10.2. The summed E-state index contributed by atoms with van der Waals surface area (Å²) in [7, 11) is -3.01. The Kier molecular flexibility index (Phi) is 5.17. The first-order valence-corrected chi connectivity index (χ1v) is 10.5. The van der Waals surface area contributed by atoms with E-state index in [0.717, 1.165) is 18.8 Å². The summed E-state index contributed by atoms with van der Waals surface area (Å²) in [6.45, 7) is 7.55. The largest absolute Gasteiger partial charge is 0.373 e. The summed E-state index contributed by atoms with van der Waals surface area (Å²) in [6, 6.07) is 1.57. The Morgan fingerprint density at radius 1 is 1.36 bits per heavy atom. The maximum atomic E-state index is 12.4. The first-order chi connectivity index (χ1) is 11.7. The van der Waals surface area contributed by atoms with Crippen molar-refractivity contribution < 1.29 is 17.9 Å². The van der Waals surface area contributed by atoms with E-state index in [1.165, 1.54) is 0 Å². The van der Waals surface area contributed by atoms with Gasteiger partial charge >= 0.3 is 0 Å². The maximum absolute atomic E-state index is 12.4. The van der Waals surface area contributed by atoms with Crippen molar-refractivity contribution in [1.82, 2.24) is 14.7 Å². The highest BCUT2D eigenvalue weighted by Crippen LogP contribution is 2.27. The van der Waals surface area contributed by atoms with E-state index in [-0.39, 0.29) is 42.2 Å². The number of sulfone groups is 1. The van der Waals surface area contributed by atoms with Crippen LogP contribution >= 0.6 is 0 Å². The highest BCUT2D eigenvalue weighted by Gasteiger charge is 2.31. The monoisotopic (exact) mass is 370 g/mol. The van der Waals surface area contributed by atoms with E-state index < -0.39 is 9.84 Å². The lowest BCUT2D eigenvalue weighted by Gasteiger charge is -2.34. The van der Waals surface area contributed by atoms with Gasteiger partial charge in [-0.15, -0.1) is 0 Å². The van der Waals surface area contributed by atoms with Crippen molar-refractivity contribution in [2.75, 3.05) is 36.5 Å². The van der Waals surface area contributed by atoms with Crippen LogP contribution in [-0.2, 0) is 19.4 Å². The van der Waals surface area contributed by atoms with E-state index in [2.05, 4.69) is 15.3 Å². The Morgan fingerprint density at radius 3 is 2.64 bits per heavy atom. The summed E-state index contributed by atoms with van der Waals surface area (Å²) < 4.78 is 30.8. The topological polar surface area (TPSA) is 93.5 Å². The quantitative estimate of drug-likeness (QED) is 0.834. The smallest absolute Gasteiger partial charge is 0.239 e. The first-order valence-electron chi connectivity index (χ1n) is 8.66. The zero-order valence-corrected chi connectivity index (χ0v) is 15.8. The lowest BCUT2D eigenvalue weighted by molar-refractivity contribution is -0.121. The van der Waals surface area contributed by atoms with E-state index in [4.69, 9.17) is 4.74 Å². The Morgan fingerprint density at radius 2 is 2.04 bits per heavy atom. The van der Waals surface area contributed by atoms with Gasteiger partial charge in [-0.1, -0.05) is 0 Å². The second-order valence-electron chi connectivity index (χ2n) is 7.17. The molecule has 2 fully saturated rings. The summed E-state index contributed by atoms with van der Waals surface area (Å²) in [5, 5.41) is 7.28. The van der Waals surface area contributed by atoms with E-state index in [9.17, 15) is 13.2 Å². The van der Waals surface area contributed by atoms with Crippen LogP contribution < -0.4 is 5.32 Å². The van der Waals surface area contributed by atoms with Gasteiger partial charge in [0.05, 0.1) is 42.0 Å². The number of aromatic nitrogens is 2. The van der Waals surface area contributed by atoms with Gasteiger partial charge in [-0.2, -0.15) is 5.10 Å². The highest BCUT2D eigenvalue weighted by molar-refractivity contribution is 7.91. The number of hydrogen-bond acceptors (Lipinski definition) is 6. The molecule has 25 heavy (non-hydrogen) atoms. The molecule has 2 aliphatic heterocycles. The molecule has 3 rings (SSSR count). The molecular weight excluding hydrogens is 344 g/mol. The second-order valence-corrected chi connectivity index (χ2v) is 9.40. The molecule has 3 heterocycles. The van der Waals surface area contributed by atoms with Crippen LogP contribution in [0.3, 0.4) is 0 Å². The normalized spacial score (nSPS) is 29.6. The molecule has 3 atom stereocenters. The first kappa shape index (κ1) is 18.3. The lowest BCUT2D eigenvalue weighted by Crippen LogP contribution is -2.48. The van der Waals surface area contributed by atoms with Crippen LogP contribution in [0.25, 0.3) is 0 Å². The molecule has 2 saturated heterocycles. The number of amides is 1. The molecule has 8 nitrogen and oxygen atoms in total. The van der Waals surface area contributed by atoms with Crippen molar-refractivity contribution in [3.8, 4) is 0 Å². The zero-order chi connectivity index (χ0) is 18.2. The molecule has 0 aliphatic carbocycles. The number of nitrogens with zero attached hydrogens (tertiary/aromatic N) is 3. The number of carbonyl (C=O) groups is 1. The average Bonchev–Trinajstić information content (AvgIpc) is 2.99. The van der Waals surface area contributed by atoms with Gasteiger partial charge in [0.15, 0.2) is 9.84 Å². The van der Waals surface area contributed by atoms with E-state index in [1.807, 2.05) is 20.8 Å². The highest BCUT2D eigenvalue weighted by atomic mass is 32.2. The minimum absolute atomic E-state index is 0.0789. The van der Waals surface area contributed by atoms with Crippen molar-refractivity contribution in [2.24, 2.45) is 0 Å². The standard InChI is InChI=1S/C16H26N4O4S/c1-11-6-15(20(18-11)14-4-5-25(22,23)10-14)17-16(21)9-19-7-12(2)24-13(3)8-19/h6,12-14H,4-5,7-10H2,1-3H3,(H,17,21)/t12-,13+,14-/m1/s1. The van der Waals surface area contributed by atoms with Crippen LogP contribution in [0.1, 0.15) is 32.0 Å². The molecule has 1 aromatic rings. The van der Waals surface area contributed by atoms with Gasteiger partial charge in [-0.25, -0.2) is 13.1 Å². The van der Waals surface area contributed by atoms with Gasteiger partial charge < -0.3 is 10.1 Å². The fourth-order valence-electron chi connectivity index (χ4n) is 3.66. The van der Waals surface area contributed by atoms with Crippen LogP contribution in [-0.4, -0.2) is 72.4 Å². The number of ether oxygens (including phenoxy) is 1. The molecule has 9 heteroatoms. The van der Waals surface area contributed by atoms with Gasteiger partial charge in [0, 0.05) is 19.2 Å². The number of morpholine rings is 1. The molecule has 1 amide bonds. The van der Waals surface area contributed by atoms with Gasteiger partial charge in [0.1, 0.15) is 5.82 Å². The van der Waals surface area contributed by atoms with Gasteiger partial charge in [0.2, 0.25) is 5.91 Å². The number of carbonyl (C=O) groups excluding carboxylic acids is 1. The molecule has 1 N–H and O–H groups in total. The minimum Gasteiger partial charge on any atom is -0.373 e. The van der Waals surface area contributed by atoms with Gasteiger partial charge in [-0.3, -0.25) is 9.69 Å². The predicted molar refractivity (Wildman–Crippen MR) is 94.4 cm³/mol. The van der Waals surface area contributed by atoms with Crippen molar-refractivity contribution in [2.45, 2.75) is 45.4 Å². The molecule has 0 radical (unpaired) electrons. The molecule has 0 unspecified atom stereocenters. The molecule has 1 aromatic heterocycles. The molecule has 0 bridgehead atoms. The van der Waals surface area contributed by atoms with Crippen LogP contribution in [0.5, 0.6) is 0 Å². The van der Waals surface area contributed by atoms with Crippen molar-refractivity contribution >= 4 is 21.6 Å². The number of aryl methyl sites for hydroxylation is 1. The van der Waals surface area contributed by atoms with Gasteiger partial charge in [-0.05, 0) is 27.2 Å². The van der Waals surface area contributed by atoms with Crippen molar-refractivity contribution in [3.05, 3.63) is 11.8 Å². The Balaban J connectivity index is 1.65. The third-order valence-electron chi connectivity index (χ3n) is 4.54. The Labute approximate surface area is 148 Å². The van der Waals surface area contributed by atoms with Crippen molar-refractivity contribution in [3.63, 3.8) is 0 Å². The number of nitrogens with one attached hydrogen (secondary N) is 1. The number of rotatable bonds is 4. The van der Waals surface area contributed by atoms with Crippen LogP contribution in [0.15, 0.2) is 6.07 Å². The van der Waals surface area contributed by atoms with Crippen LogP contribution in [0.2, 0.25) is 0 Å². The third-order valence-corrected chi connectivity index (χ3v) is 6.29. The molecule has 0 spiro atoms. The average molecular weight is 370 g/mol. The second kappa shape index (κ2) is 7.05. The Hall–Kier alpha value is -1.45. The van der Waals surface area contributed by atoms with E-state index in [0.29, 0.717) is 12.2 Å². The molecule has 2 aliphatic rings. The molecule has 140 valence electrons. The Bertz CT molecular complexity index is 735. The maximum Gasteiger partial charge on any atom is 0.239 e. The fraction of sp³-hybridized carbons (Fsp3) is 0.750. The molecule has 0 aromatic carbocycles. The summed E-state index contributed by atoms with van der Waals surface area (Å²) in [5.74, 6) is 0.700. The zero-order valence-electron chi connectivity index (χ0n) is 14.9. The molecular formula is C16H26N4O4S. The SMILES string of the molecule is Cc1cc(NC(=O)CN2C[C@@H](C)O[C@@H](C)C2)n([C@@H]2CCS(=O)(=O)C2)n1. The summed E-state index contributed by atoms with van der Waals surface area (Å²) in [4.78, 5) is 14.5. The summed E-state index contributed by atoms with van der Waals surface area (Å²) in [5.41, 5.74) is 0.758. The molecule has 0 saturated carbocycles. The fourth-order valence-corrected chi connectivity index (χ4v) is 5.35. The predicted octanol–water partition coefficient (Wildman–Crippen LogP) is 0.599. The third kappa shape index (κ3) is 4.59. The van der Waals surface area contributed by atoms with Gasteiger partial charge in [0.25, 0.3) is 0 Å². The van der Waals surface area contributed by atoms with E-state index >= 15 is 0 Å². The summed E-state index contributed by atoms with van der Waals surface area (Å²) in [6.07, 6.45) is 0.742.